The van der Waals surface area contributed by atoms with E-state index >= 15 is 0 Å². The lowest BCUT2D eigenvalue weighted by Gasteiger charge is -2.41. The monoisotopic (exact) mass is 253 g/mol. The summed E-state index contributed by atoms with van der Waals surface area (Å²) in [5.41, 5.74) is -0.292. The molecule has 0 aromatic heterocycles. The molecule has 0 amide bonds. The summed E-state index contributed by atoms with van der Waals surface area (Å²) in [5, 5.41) is 10.7. The van der Waals surface area contributed by atoms with Crippen molar-refractivity contribution in [3.8, 4) is 5.75 Å². The predicted molar refractivity (Wildman–Crippen MR) is 68.2 cm³/mol. The highest BCUT2D eigenvalue weighted by molar-refractivity contribution is 5.33. The largest absolute Gasteiger partial charge is 0.494 e. The molecule has 3 nitrogen and oxygen atoms in total. The highest BCUT2D eigenvalue weighted by atomic mass is 19.1. The molecule has 1 aromatic rings. The number of rotatable bonds is 2. The van der Waals surface area contributed by atoms with Gasteiger partial charge in [0.15, 0.2) is 11.6 Å². The van der Waals surface area contributed by atoms with Crippen LogP contribution in [0.4, 0.5) is 4.39 Å². The Hall–Kier alpha value is -1.13. The molecule has 1 aromatic carbocycles. The molecule has 1 saturated heterocycles. The molecule has 2 atom stereocenters. The van der Waals surface area contributed by atoms with E-state index in [1.165, 1.54) is 13.2 Å². The van der Waals surface area contributed by atoms with Gasteiger partial charge in [-0.1, -0.05) is 6.07 Å². The van der Waals surface area contributed by atoms with E-state index in [4.69, 9.17) is 4.74 Å². The van der Waals surface area contributed by atoms with Crippen molar-refractivity contribution in [3.05, 3.63) is 29.6 Å². The minimum atomic E-state index is -0.932. The van der Waals surface area contributed by atoms with E-state index in [9.17, 15) is 9.50 Å². The van der Waals surface area contributed by atoms with Crippen molar-refractivity contribution < 1.29 is 14.2 Å². The average molecular weight is 253 g/mol. The van der Waals surface area contributed by atoms with E-state index < -0.39 is 11.4 Å². The molecule has 1 aliphatic heterocycles. The Kier molecular flexibility index (Phi) is 3.59. The van der Waals surface area contributed by atoms with Gasteiger partial charge in [0.2, 0.25) is 0 Å². The van der Waals surface area contributed by atoms with Crippen molar-refractivity contribution in [1.82, 2.24) is 4.90 Å². The molecule has 0 saturated carbocycles. The molecule has 18 heavy (non-hydrogen) atoms. The first-order chi connectivity index (χ1) is 8.46. The van der Waals surface area contributed by atoms with Crippen LogP contribution in [0, 0.1) is 5.82 Å². The molecule has 0 aliphatic carbocycles. The van der Waals surface area contributed by atoms with Crippen LogP contribution in [0.25, 0.3) is 0 Å². The van der Waals surface area contributed by atoms with Gasteiger partial charge in [-0.3, -0.25) is 0 Å². The zero-order chi connectivity index (χ0) is 13.3. The van der Waals surface area contributed by atoms with Gasteiger partial charge in [-0.05, 0) is 44.5 Å². The van der Waals surface area contributed by atoms with Gasteiger partial charge in [0.25, 0.3) is 0 Å². The molecular weight excluding hydrogens is 233 g/mol. The minimum Gasteiger partial charge on any atom is -0.494 e. The van der Waals surface area contributed by atoms with Crippen molar-refractivity contribution in [1.29, 1.82) is 0 Å². The van der Waals surface area contributed by atoms with Crippen molar-refractivity contribution in [2.75, 3.05) is 20.7 Å². The summed E-state index contributed by atoms with van der Waals surface area (Å²) in [6.07, 6.45) is 1.24. The summed E-state index contributed by atoms with van der Waals surface area (Å²) in [7, 11) is 3.48. The highest BCUT2D eigenvalue weighted by Crippen LogP contribution is 2.36. The first-order valence-electron chi connectivity index (χ1n) is 6.23. The van der Waals surface area contributed by atoms with Crippen LogP contribution >= 0.6 is 0 Å². The molecule has 2 unspecified atom stereocenters. The number of piperidine rings is 1. The Balaban J connectivity index is 2.27. The van der Waals surface area contributed by atoms with Crippen molar-refractivity contribution >= 4 is 0 Å². The Labute approximate surface area is 107 Å². The van der Waals surface area contributed by atoms with Gasteiger partial charge in [0.1, 0.15) is 0 Å². The number of hydrogen-bond acceptors (Lipinski definition) is 3. The predicted octanol–water partition coefficient (Wildman–Crippen LogP) is 2.14. The fraction of sp³-hybridized carbons (Fsp3) is 0.571. The second-order valence-electron chi connectivity index (χ2n) is 5.16. The van der Waals surface area contributed by atoms with Crippen LogP contribution in [0.3, 0.4) is 0 Å². The van der Waals surface area contributed by atoms with Gasteiger partial charge in [-0.15, -0.1) is 0 Å². The van der Waals surface area contributed by atoms with Crippen LogP contribution in [0.1, 0.15) is 25.3 Å². The van der Waals surface area contributed by atoms with Crippen LogP contribution in [0.5, 0.6) is 5.75 Å². The third-order valence-corrected chi connectivity index (χ3v) is 3.95. The van der Waals surface area contributed by atoms with E-state index in [0.717, 1.165) is 6.54 Å². The molecule has 1 fully saturated rings. The normalized spacial score (nSPS) is 29.3. The Morgan fingerprint density at radius 3 is 2.78 bits per heavy atom. The second-order valence-corrected chi connectivity index (χ2v) is 5.16. The van der Waals surface area contributed by atoms with Crippen LogP contribution in [-0.2, 0) is 5.60 Å². The fourth-order valence-corrected chi connectivity index (χ4v) is 2.55. The zero-order valence-electron chi connectivity index (χ0n) is 11.1. The maximum Gasteiger partial charge on any atom is 0.165 e. The maximum absolute atomic E-state index is 13.7. The summed E-state index contributed by atoms with van der Waals surface area (Å²) >= 11 is 0. The number of hydrogen-bond donors (Lipinski definition) is 1. The van der Waals surface area contributed by atoms with Gasteiger partial charge in [-0.25, -0.2) is 4.39 Å². The first kappa shape index (κ1) is 13.3. The lowest BCUT2D eigenvalue weighted by Crippen LogP contribution is -2.45. The third-order valence-electron chi connectivity index (χ3n) is 3.95. The number of ether oxygens (including phenoxy) is 1. The molecular formula is C14H20FNO2. The van der Waals surface area contributed by atoms with Crippen LogP contribution in [0.15, 0.2) is 18.2 Å². The van der Waals surface area contributed by atoms with Gasteiger partial charge in [0.05, 0.1) is 12.7 Å². The average Bonchev–Trinajstić information content (AvgIpc) is 2.34. The van der Waals surface area contributed by atoms with Crippen LogP contribution in [0.2, 0.25) is 0 Å². The molecule has 1 aliphatic rings. The number of benzene rings is 1. The fourth-order valence-electron chi connectivity index (χ4n) is 2.55. The van der Waals surface area contributed by atoms with Crippen molar-refractivity contribution in [2.24, 2.45) is 0 Å². The summed E-state index contributed by atoms with van der Waals surface area (Å²) in [6.45, 7) is 2.88. The molecule has 0 radical (unpaired) electrons. The van der Waals surface area contributed by atoms with E-state index in [1.807, 2.05) is 7.05 Å². The number of halogens is 1. The Bertz CT molecular complexity index is 438. The van der Waals surface area contributed by atoms with Gasteiger partial charge in [-0.2, -0.15) is 0 Å². The molecule has 2 rings (SSSR count). The molecule has 1 N–H and O–H groups in total. The topological polar surface area (TPSA) is 32.7 Å². The summed E-state index contributed by atoms with van der Waals surface area (Å²) in [5.74, 6) is -0.210. The number of likely N-dealkylation sites (tertiary alicyclic amines) is 1. The summed E-state index contributed by atoms with van der Waals surface area (Å²) < 4.78 is 18.6. The number of aliphatic hydroxyl groups is 1. The lowest BCUT2D eigenvalue weighted by molar-refractivity contribution is -0.0410. The van der Waals surface area contributed by atoms with Gasteiger partial charge in [0, 0.05) is 12.6 Å². The smallest absolute Gasteiger partial charge is 0.165 e. The van der Waals surface area contributed by atoms with Gasteiger partial charge < -0.3 is 14.7 Å². The maximum atomic E-state index is 13.7. The van der Waals surface area contributed by atoms with E-state index in [0.29, 0.717) is 18.4 Å². The standard InChI is InChI=1S/C14H20FNO2/c1-10-9-14(17,6-7-16(10)2)11-4-5-13(18-3)12(15)8-11/h4-5,8,10,17H,6-7,9H2,1-3H3. The summed E-state index contributed by atoms with van der Waals surface area (Å²) in [6, 6.07) is 5.00. The number of methoxy groups -OCH3 is 1. The zero-order valence-corrected chi connectivity index (χ0v) is 11.1. The van der Waals surface area contributed by atoms with E-state index in [2.05, 4.69) is 11.8 Å². The second kappa shape index (κ2) is 4.86. The van der Waals surface area contributed by atoms with E-state index in [-0.39, 0.29) is 11.8 Å². The highest BCUT2D eigenvalue weighted by Gasteiger charge is 2.36. The molecule has 100 valence electrons. The number of nitrogens with zero attached hydrogens (tertiary/aromatic N) is 1. The lowest BCUT2D eigenvalue weighted by atomic mass is 9.81. The molecule has 4 heteroatoms. The van der Waals surface area contributed by atoms with Crippen LogP contribution < -0.4 is 4.74 Å². The molecule has 1 heterocycles. The minimum absolute atomic E-state index is 0.211. The van der Waals surface area contributed by atoms with E-state index in [1.54, 1.807) is 12.1 Å². The SMILES string of the molecule is COc1ccc(C2(O)CCN(C)C(C)C2)cc1F. The first-order valence-corrected chi connectivity index (χ1v) is 6.23. The van der Waals surface area contributed by atoms with Crippen molar-refractivity contribution in [2.45, 2.75) is 31.4 Å². The molecule has 0 spiro atoms. The van der Waals surface area contributed by atoms with Gasteiger partial charge >= 0.3 is 0 Å². The quantitative estimate of drug-likeness (QED) is 0.876. The Morgan fingerprint density at radius 2 is 2.22 bits per heavy atom. The Morgan fingerprint density at radius 1 is 1.50 bits per heavy atom. The third kappa shape index (κ3) is 2.35. The van der Waals surface area contributed by atoms with Crippen LogP contribution in [-0.4, -0.2) is 36.8 Å². The van der Waals surface area contributed by atoms with Crippen molar-refractivity contribution in [3.63, 3.8) is 0 Å². The summed E-state index contributed by atoms with van der Waals surface area (Å²) in [4.78, 5) is 2.20. The molecule has 0 bridgehead atoms.